The maximum Gasteiger partial charge on any atom is 0.119 e. The van der Waals surface area contributed by atoms with Crippen LogP contribution in [0.1, 0.15) is 5.56 Å². The lowest BCUT2D eigenvalue weighted by Gasteiger charge is -2.06. The van der Waals surface area contributed by atoms with Crippen LogP contribution in [0.2, 0.25) is 5.02 Å². The molecule has 0 spiro atoms. The molecule has 0 radical (unpaired) electrons. The summed E-state index contributed by atoms with van der Waals surface area (Å²) in [6.45, 7) is 2.29. The fourth-order valence-corrected chi connectivity index (χ4v) is 3.36. The average molecular weight is 408 g/mol. The van der Waals surface area contributed by atoms with Gasteiger partial charge in [-0.25, -0.2) is 4.68 Å². The van der Waals surface area contributed by atoms with Gasteiger partial charge in [0.15, 0.2) is 0 Å². The van der Waals surface area contributed by atoms with Crippen LogP contribution in [0.15, 0.2) is 73.2 Å². The number of hydrogen-bond acceptors (Lipinski definition) is 4. The summed E-state index contributed by atoms with van der Waals surface area (Å²) >= 11 is 6.46. The Bertz CT molecular complexity index is 1060. The second kappa shape index (κ2) is 8.94. The number of halogens is 1. The molecule has 4 rings (SSSR count). The van der Waals surface area contributed by atoms with Crippen molar-refractivity contribution in [2.45, 2.75) is 13.1 Å². The van der Waals surface area contributed by atoms with Gasteiger partial charge >= 0.3 is 0 Å². The van der Waals surface area contributed by atoms with Crippen molar-refractivity contribution in [1.29, 1.82) is 0 Å². The minimum atomic E-state index is 0.679. The maximum absolute atomic E-state index is 6.46. The van der Waals surface area contributed by atoms with E-state index in [9.17, 15) is 0 Å². The van der Waals surface area contributed by atoms with E-state index in [-0.39, 0.29) is 0 Å². The molecule has 4 aromatic rings. The smallest absolute Gasteiger partial charge is 0.119 e. The standard InChI is InChI=1S/C22H22ClN5O/c1-29-19-9-7-18(8-10-19)28-16-17(15-24-12-14-27-13-4-11-25-27)22(26-28)20-5-2-3-6-21(20)23/h2-11,13,16,24H,12,14-15H2,1H3. The van der Waals surface area contributed by atoms with Crippen molar-refractivity contribution in [1.82, 2.24) is 24.9 Å². The number of methoxy groups -OCH3 is 1. The first kappa shape index (κ1) is 19.2. The van der Waals surface area contributed by atoms with Crippen LogP contribution < -0.4 is 10.1 Å². The zero-order valence-corrected chi connectivity index (χ0v) is 16.9. The maximum atomic E-state index is 6.46. The molecule has 0 fully saturated rings. The third-order valence-corrected chi connectivity index (χ3v) is 4.98. The van der Waals surface area contributed by atoms with Crippen LogP contribution in [-0.4, -0.2) is 33.2 Å². The van der Waals surface area contributed by atoms with E-state index < -0.39 is 0 Å². The lowest BCUT2D eigenvalue weighted by atomic mass is 10.1. The molecule has 0 aliphatic heterocycles. The van der Waals surface area contributed by atoms with Crippen molar-refractivity contribution in [3.63, 3.8) is 0 Å². The molecule has 2 heterocycles. The number of rotatable bonds is 8. The lowest BCUT2D eigenvalue weighted by Crippen LogP contribution is -2.19. The van der Waals surface area contributed by atoms with Crippen LogP contribution in [0, 0.1) is 0 Å². The lowest BCUT2D eigenvalue weighted by molar-refractivity contribution is 0.414. The van der Waals surface area contributed by atoms with Gasteiger partial charge in [-0.15, -0.1) is 0 Å². The van der Waals surface area contributed by atoms with Gasteiger partial charge in [0.1, 0.15) is 5.75 Å². The highest BCUT2D eigenvalue weighted by atomic mass is 35.5. The molecule has 0 atom stereocenters. The van der Waals surface area contributed by atoms with Gasteiger partial charge in [0.25, 0.3) is 0 Å². The van der Waals surface area contributed by atoms with E-state index in [0.717, 1.165) is 41.3 Å². The zero-order valence-electron chi connectivity index (χ0n) is 16.1. The fourth-order valence-electron chi connectivity index (χ4n) is 3.14. The van der Waals surface area contributed by atoms with Crippen LogP contribution >= 0.6 is 11.6 Å². The third kappa shape index (κ3) is 4.50. The monoisotopic (exact) mass is 407 g/mol. The molecule has 7 heteroatoms. The molecule has 2 aromatic heterocycles. The molecular weight excluding hydrogens is 386 g/mol. The largest absolute Gasteiger partial charge is 0.497 e. The van der Waals surface area contributed by atoms with E-state index in [1.54, 1.807) is 13.3 Å². The van der Waals surface area contributed by atoms with E-state index in [2.05, 4.69) is 10.4 Å². The molecule has 0 unspecified atom stereocenters. The van der Waals surface area contributed by atoms with Crippen molar-refractivity contribution < 1.29 is 4.74 Å². The quantitative estimate of drug-likeness (QED) is 0.445. The van der Waals surface area contributed by atoms with E-state index in [1.807, 2.05) is 76.4 Å². The minimum absolute atomic E-state index is 0.679. The van der Waals surface area contributed by atoms with E-state index in [1.165, 1.54) is 0 Å². The summed E-state index contributed by atoms with van der Waals surface area (Å²) in [6, 6.07) is 17.5. The molecule has 0 saturated carbocycles. The highest BCUT2D eigenvalue weighted by molar-refractivity contribution is 6.33. The Morgan fingerprint density at radius 3 is 2.62 bits per heavy atom. The van der Waals surface area contributed by atoms with Gasteiger partial charge in [-0.1, -0.05) is 29.8 Å². The van der Waals surface area contributed by atoms with E-state index in [0.29, 0.717) is 11.6 Å². The first-order valence-corrected chi connectivity index (χ1v) is 9.78. The predicted molar refractivity (Wildman–Crippen MR) is 114 cm³/mol. The Kier molecular flexibility index (Phi) is 5.93. The Hall–Kier alpha value is -3.09. The van der Waals surface area contributed by atoms with Crippen molar-refractivity contribution in [2.24, 2.45) is 0 Å². The van der Waals surface area contributed by atoms with Gasteiger partial charge < -0.3 is 10.1 Å². The van der Waals surface area contributed by atoms with Gasteiger partial charge in [0.2, 0.25) is 0 Å². The summed E-state index contributed by atoms with van der Waals surface area (Å²) in [6.07, 6.45) is 5.79. The highest BCUT2D eigenvalue weighted by Gasteiger charge is 2.14. The molecule has 0 saturated heterocycles. The molecule has 29 heavy (non-hydrogen) atoms. The van der Waals surface area contributed by atoms with Crippen LogP contribution in [0.3, 0.4) is 0 Å². The first-order valence-electron chi connectivity index (χ1n) is 9.40. The Morgan fingerprint density at radius 1 is 1.07 bits per heavy atom. The number of aromatic nitrogens is 4. The van der Waals surface area contributed by atoms with E-state index in [4.69, 9.17) is 21.4 Å². The average Bonchev–Trinajstić information content (AvgIpc) is 3.42. The van der Waals surface area contributed by atoms with Crippen molar-refractivity contribution >= 4 is 11.6 Å². The molecule has 1 N–H and O–H groups in total. The minimum Gasteiger partial charge on any atom is -0.497 e. The summed E-state index contributed by atoms with van der Waals surface area (Å²) in [5.74, 6) is 0.813. The molecule has 0 aliphatic rings. The highest BCUT2D eigenvalue weighted by Crippen LogP contribution is 2.30. The van der Waals surface area contributed by atoms with Crippen molar-refractivity contribution in [3.8, 4) is 22.7 Å². The summed E-state index contributed by atoms with van der Waals surface area (Å²) in [7, 11) is 1.66. The summed E-state index contributed by atoms with van der Waals surface area (Å²) in [4.78, 5) is 0. The molecule has 0 bridgehead atoms. The fraction of sp³-hybridized carbons (Fsp3) is 0.182. The Labute approximate surface area is 174 Å². The predicted octanol–water partition coefficient (Wildman–Crippen LogP) is 4.19. The summed E-state index contributed by atoms with van der Waals surface area (Å²) < 4.78 is 9.03. The Balaban J connectivity index is 1.58. The molecule has 148 valence electrons. The van der Waals surface area contributed by atoms with Crippen LogP contribution in [-0.2, 0) is 13.1 Å². The zero-order chi connectivity index (χ0) is 20.1. The summed E-state index contributed by atoms with van der Waals surface area (Å²) in [5.41, 5.74) is 3.83. The van der Waals surface area contributed by atoms with Crippen molar-refractivity contribution in [2.75, 3.05) is 13.7 Å². The molecule has 0 amide bonds. The summed E-state index contributed by atoms with van der Waals surface area (Å²) in [5, 5.41) is 13.2. The SMILES string of the molecule is COc1ccc(-n2cc(CNCCn3cccn3)c(-c3ccccc3Cl)n2)cc1. The van der Waals surface area contributed by atoms with Gasteiger partial charge in [0, 0.05) is 42.8 Å². The second-order valence-electron chi connectivity index (χ2n) is 6.57. The number of ether oxygens (including phenoxy) is 1. The van der Waals surface area contributed by atoms with Gasteiger partial charge in [-0.2, -0.15) is 10.2 Å². The molecule has 2 aromatic carbocycles. The number of benzene rings is 2. The van der Waals surface area contributed by atoms with Crippen LogP contribution in [0.4, 0.5) is 0 Å². The molecule has 0 aliphatic carbocycles. The first-order chi connectivity index (χ1) is 14.2. The Morgan fingerprint density at radius 2 is 1.90 bits per heavy atom. The van der Waals surface area contributed by atoms with Gasteiger partial charge in [-0.3, -0.25) is 4.68 Å². The second-order valence-corrected chi connectivity index (χ2v) is 6.98. The third-order valence-electron chi connectivity index (χ3n) is 4.65. The number of nitrogens with zero attached hydrogens (tertiary/aromatic N) is 4. The van der Waals surface area contributed by atoms with Crippen LogP contribution in [0.5, 0.6) is 5.75 Å². The topological polar surface area (TPSA) is 56.9 Å². The van der Waals surface area contributed by atoms with Gasteiger partial charge in [0.05, 0.1) is 30.1 Å². The van der Waals surface area contributed by atoms with Crippen LogP contribution in [0.25, 0.3) is 16.9 Å². The normalized spacial score (nSPS) is 11.0. The van der Waals surface area contributed by atoms with Gasteiger partial charge in [-0.05, 0) is 36.4 Å². The number of nitrogens with one attached hydrogen (secondary N) is 1. The number of hydrogen-bond donors (Lipinski definition) is 1. The van der Waals surface area contributed by atoms with E-state index >= 15 is 0 Å². The molecule has 6 nitrogen and oxygen atoms in total. The van der Waals surface area contributed by atoms with Crippen molar-refractivity contribution in [3.05, 3.63) is 83.8 Å². The molecular formula is C22H22ClN5O.